The standard InChI is InChI=1S/C23H22N4O4/c1-15-10-11-19(28)27-20(15)22(30)26-18(13-16-7-3-2-4-8-16)21(29)23(31)25-14-17-9-5-6-12-24-17/h2-12,18H,13-14H2,1H3,(H,25,31)(H,26,30)(H,27,28)/t18-/m0/s1. The van der Waals surface area contributed by atoms with Crippen LogP contribution in [0.5, 0.6) is 0 Å². The molecule has 0 aliphatic rings. The lowest BCUT2D eigenvalue weighted by molar-refractivity contribution is -0.139. The molecule has 0 radical (unpaired) electrons. The predicted molar refractivity (Wildman–Crippen MR) is 114 cm³/mol. The number of aromatic amines is 1. The highest BCUT2D eigenvalue weighted by Gasteiger charge is 2.28. The van der Waals surface area contributed by atoms with Gasteiger partial charge >= 0.3 is 0 Å². The molecule has 2 amide bonds. The van der Waals surface area contributed by atoms with Crippen molar-refractivity contribution in [3.05, 3.63) is 99.7 Å². The van der Waals surface area contributed by atoms with Crippen LogP contribution in [0.15, 0.2) is 71.7 Å². The van der Waals surface area contributed by atoms with Crippen molar-refractivity contribution in [1.29, 1.82) is 0 Å². The SMILES string of the molecule is Cc1ccc(=O)[nH]c1C(=O)N[C@@H](Cc1ccccc1)C(=O)C(=O)NCc1ccccn1. The molecule has 3 N–H and O–H groups in total. The Morgan fingerprint density at radius 3 is 2.45 bits per heavy atom. The molecular weight excluding hydrogens is 396 g/mol. The fourth-order valence-corrected chi connectivity index (χ4v) is 2.99. The zero-order chi connectivity index (χ0) is 22.2. The highest BCUT2D eigenvalue weighted by Crippen LogP contribution is 2.07. The molecule has 0 spiro atoms. The predicted octanol–water partition coefficient (Wildman–Crippen LogP) is 1.30. The summed E-state index contributed by atoms with van der Waals surface area (Å²) < 4.78 is 0. The Balaban J connectivity index is 1.77. The van der Waals surface area contributed by atoms with E-state index in [0.29, 0.717) is 11.3 Å². The lowest BCUT2D eigenvalue weighted by atomic mass is 10.0. The van der Waals surface area contributed by atoms with Crippen LogP contribution in [0.1, 0.15) is 27.3 Å². The molecule has 0 aliphatic heterocycles. The molecule has 8 nitrogen and oxygen atoms in total. The Morgan fingerprint density at radius 2 is 1.74 bits per heavy atom. The first-order valence-corrected chi connectivity index (χ1v) is 9.70. The number of Topliss-reactive ketones (excluding diaryl/α,β-unsaturated/α-hetero) is 1. The summed E-state index contributed by atoms with van der Waals surface area (Å²) in [6.07, 6.45) is 1.71. The summed E-state index contributed by atoms with van der Waals surface area (Å²) in [5, 5.41) is 5.13. The summed E-state index contributed by atoms with van der Waals surface area (Å²) >= 11 is 0. The topological polar surface area (TPSA) is 121 Å². The van der Waals surface area contributed by atoms with Crippen LogP contribution in [0.3, 0.4) is 0 Å². The number of amides is 2. The van der Waals surface area contributed by atoms with Gasteiger partial charge < -0.3 is 15.6 Å². The zero-order valence-corrected chi connectivity index (χ0v) is 16.9. The van der Waals surface area contributed by atoms with Gasteiger partial charge in [-0.2, -0.15) is 0 Å². The second-order valence-electron chi connectivity index (χ2n) is 6.96. The smallest absolute Gasteiger partial charge is 0.289 e. The van der Waals surface area contributed by atoms with E-state index in [-0.39, 0.29) is 18.7 Å². The number of hydrogen-bond donors (Lipinski definition) is 3. The van der Waals surface area contributed by atoms with Crippen LogP contribution in [-0.2, 0) is 22.6 Å². The summed E-state index contributed by atoms with van der Waals surface area (Å²) in [5.74, 6) is -2.25. The minimum absolute atomic E-state index is 0.0484. The number of carbonyl (C=O) groups is 3. The van der Waals surface area contributed by atoms with Crippen molar-refractivity contribution in [2.24, 2.45) is 0 Å². The number of rotatable bonds is 8. The van der Waals surface area contributed by atoms with Crippen molar-refractivity contribution in [2.75, 3.05) is 0 Å². The minimum Gasteiger partial charge on any atom is -0.344 e. The van der Waals surface area contributed by atoms with Gasteiger partial charge in [-0.1, -0.05) is 42.5 Å². The molecule has 158 valence electrons. The normalized spacial score (nSPS) is 11.4. The Hall–Kier alpha value is -4.07. The molecule has 3 rings (SSSR count). The van der Waals surface area contributed by atoms with Crippen molar-refractivity contribution < 1.29 is 14.4 Å². The number of H-pyrrole nitrogens is 1. The Bertz CT molecular complexity index is 1130. The van der Waals surface area contributed by atoms with E-state index in [2.05, 4.69) is 20.6 Å². The average Bonchev–Trinajstić information content (AvgIpc) is 2.79. The van der Waals surface area contributed by atoms with Crippen LogP contribution >= 0.6 is 0 Å². The monoisotopic (exact) mass is 418 g/mol. The molecule has 3 aromatic rings. The van der Waals surface area contributed by atoms with E-state index >= 15 is 0 Å². The largest absolute Gasteiger partial charge is 0.344 e. The average molecular weight is 418 g/mol. The van der Waals surface area contributed by atoms with Crippen molar-refractivity contribution >= 4 is 17.6 Å². The summed E-state index contributed by atoms with van der Waals surface area (Å²) in [7, 11) is 0. The summed E-state index contributed by atoms with van der Waals surface area (Å²) in [6.45, 7) is 1.75. The fraction of sp³-hybridized carbons (Fsp3) is 0.174. The highest BCUT2D eigenvalue weighted by atomic mass is 16.2. The molecule has 31 heavy (non-hydrogen) atoms. The van der Waals surface area contributed by atoms with E-state index in [1.165, 1.54) is 12.1 Å². The number of aryl methyl sites for hydroxylation is 1. The van der Waals surface area contributed by atoms with Crippen molar-refractivity contribution in [3.63, 3.8) is 0 Å². The first-order chi connectivity index (χ1) is 14.9. The number of benzene rings is 1. The molecule has 1 aromatic carbocycles. The number of hydrogen-bond acceptors (Lipinski definition) is 5. The van der Waals surface area contributed by atoms with Crippen LogP contribution < -0.4 is 16.2 Å². The molecule has 0 bridgehead atoms. The van der Waals surface area contributed by atoms with Gasteiger partial charge in [0.15, 0.2) is 0 Å². The molecular formula is C23H22N4O4. The Labute approximate surface area is 178 Å². The third-order valence-electron chi connectivity index (χ3n) is 4.64. The maximum Gasteiger partial charge on any atom is 0.289 e. The molecule has 0 fully saturated rings. The van der Waals surface area contributed by atoms with Gasteiger partial charge in [0.25, 0.3) is 11.8 Å². The van der Waals surface area contributed by atoms with Gasteiger partial charge in [-0.3, -0.25) is 24.2 Å². The number of ketones is 1. The van der Waals surface area contributed by atoms with Gasteiger partial charge in [-0.25, -0.2) is 0 Å². The number of aromatic nitrogens is 2. The first kappa shape index (κ1) is 21.6. The van der Waals surface area contributed by atoms with E-state index in [4.69, 9.17) is 0 Å². The summed E-state index contributed by atoms with van der Waals surface area (Å²) in [4.78, 5) is 56.3. The van der Waals surface area contributed by atoms with Gasteiger partial charge in [0, 0.05) is 18.7 Å². The van der Waals surface area contributed by atoms with Crippen LogP contribution in [0.25, 0.3) is 0 Å². The second-order valence-corrected chi connectivity index (χ2v) is 6.96. The maximum atomic E-state index is 12.9. The summed E-state index contributed by atoms with van der Waals surface area (Å²) in [6, 6.07) is 16.0. The molecule has 1 atom stereocenters. The van der Waals surface area contributed by atoms with Crippen molar-refractivity contribution in [3.8, 4) is 0 Å². The molecule has 8 heteroatoms. The molecule has 2 aromatic heterocycles. The quantitative estimate of drug-likeness (QED) is 0.476. The molecule has 0 saturated carbocycles. The van der Waals surface area contributed by atoms with E-state index in [1.807, 2.05) is 6.07 Å². The van der Waals surface area contributed by atoms with Gasteiger partial charge in [0.2, 0.25) is 11.3 Å². The van der Waals surface area contributed by atoms with Gasteiger partial charge in [-0.15, -0.1) is 0 Å². The van der Waals surface area contributed by atoms with Gasteiger partial charge in [0.05, 0.1) is 12.2 Å². The third kappa shape index (κ3) is 5.96. The maximum absolute atomic E-state index is 12.9. The highest BCUT2D eigenvalue weighted by molar-refractivity contribution is 6.38. The Kier molecular flexibility index (Phi) is 7.05. The first-order valence-electron chi connectivity index (χ1n) is 9.70. The van der Waals surface area contributed by atoms with E-state index in [0.717, 1.165) is 5.56 Å². The number of nitrogens with one attached hydrogen (secondary N) is 3. The number of pyridine rings is 2. The van der Waals surface area contributed by atoms with Crippen LogP contribution in [0, 0.1) is 6.92 Å². The number of nitrogens with zero attached hydrogens (tertiary/aromatic N) is 1. The van der Waals surface area contributed by atoms with E-state index < -0.39 is 29.2 Å². The van der Waals surface area contributed by atoms with Crippen molar-refractivity contribution in [2.45, 2.75) is 25.9 Å². The van der Waals surface area contributed by atoms with E-state index in [1.54, 1.807) is 55.6 Å². The van der Waals surface area contributed by atoms with Crippen LogP contribution in [0.4, 0.5) is 0 Å². The third-order valence-corrected chi connectivity index (χ3v) is 4.64. The van der Waals surface area contributed by atoms with Gasteiger partial charge in [-0.05, 0) is 30.2 Å². The molecule has 0 aliphatic carbocycles. The lowest BCUT2D eigenvalue weighted by Gasteiger charge is -2.18. The lowest BCUT2D eigenvalue weighted by Crippen LogP contribution is -2.49. The Morgan fingerprint density at radius 1 is 1.00 bits per heavy atom. The summed E-state index contributed by atoms with van der Waals surface area (Å²) in [5.41, 5.74) is 1.53. The van der Waals surface area contributed by atoms with Gasteiger partial charge in [0.1, 0.15) is 11.7 Å². The second kappa shape index (κ2) is 10.1. The number of carbonyl (C=O) groups excluding carboxylic acids is 3. The zero-order valence-electron chi connectivity index (χ0n) is 16.9. The van der Waals surface area contributed by atoms with E-state index in [9.17, 15) is 19.2 Å². The van der Waals surface area contributed by atoms with Crippen LogP contribution in [-0.4, -0.2) is 33.6 Å². The van der Waals surface area contributed by atoms with Crippen molar-refractivity contribution in [1.82, 2.24) is 20.6 Å². The molecule has 0 saturated heterocycles. The minimum atomic E-state index is -1.11. The molecule has 0 unspecified atom stereocenters. The fourth-order valence-electron chi connectivity index (χ4n) is 2.99. The molecule has 2 heterocycles. The van der Waals surface area contributed by atoms with Crippen LogP contribution in [0.2, 0.25) is 0 Å².